The highest BCUT2D eigenvalue weighted by atomic mass is 19.1. The molecule has 7 heteroatoms. The molecule has 1 aromatic heterocycles. The Hall–Kier alpha value is -2.28. The number of benzene rings is 1. The highest BCUT2D eigenvalue weighted by Gasteiger charge is 2.25. The van der Waals surface area contributed by atoms with Crippen molar-refractivity contribution in [3.05, 3.63) is 47.3 Å². The average Bonchev–Trinajstić information content (AvgIpc) is 2.91. The van der Waals surface area contributed by atoms with Crippen LogP contribution in [-0.4, -0.2) is 51.4 Å². The van der Waals surface area contributed by atoms with Crippen LogP contribution in [0.2, 0.25) is 0 Å². The molecule has 134 valence electrons. The second-order valence-corrected chi connectivity index (χ2v) is 6.35. The topological polar surface area (TPSA) is 60.2 Å². The Kier molecular flexibility index (Phi) is 5.43. The van der Waals surface area contributed by atoms with Gasteiger partial charge in [0.05, 0.1) is 19.3 Å². The Morgan fingerprint density at radius 3 is 2.76 bits per heavy atom. The Morgan fingerprint density at radius 1 is 1.32 bits per heavy atom. The highest BCUT2D eigenvalue weighted by Crippen LogP contribution is 2.12. The van der Waals surface area contributed by atoms with E-state index in [9.17, 15) is 9.18 Å². The van der Waals surface area contributed by atoms with Gasteiger partial charge in [0.15, 0.2) is 0 Å². The summed E-state index contributed by atoms with van der Waals surface area (Å²) in [4.78, 5) is 18.6. The first-order valence-corrected chi connectivity index (χ1v) is 8.53. The van der Waals surface area contributed by atoms with E-state index >= 15 is 0 Å². The van der Waals surface area contributed by atoms with Gasteiger partial charge in [-0.1, -0.05) is 12.1 Å². The van der Waals surface area contributed by atoms with Crippen LogP contribution in [0.5, 0.6) is 0 Å². The van der Waals surface area contributed by atoms with Gasteiger partial charge in [0.2, 0.25) is 5.91 Å². The zero-order valence-corrected chi connectivity index (χ0v) is 14.6. The maximum atomic E-state index is 12.9. The van der Waals surface area contributed by atoms with Gasteiger partial charge in [0, 0.05) is 19.5 Å². The highest BCUT2D eigenvalue weighted by molar-refractivity contribution is 5.76. The summed E-state index contributed by atoms with van der Waals surface area (Å²) in [5.41, 5.74) is 0.966. The number of amides is 1. The molecule has 0 saturated carbocycles. The van der Waals surface area contributed by atoms with E-state index in [1.807, 2.05) is 23.4 Å². The lowest BCUT2D eigenvalue weighted by molar-refractivity contribution is -0.139. The third-order valence-electron chi connectivity index (χ3n) is 4.37. The minimum atomic E-state index is -0.260. The van der Waals surface area contributed by atoms with Gasteiger partial charge in [-0.3, -0.25) is 4.79 Å². The molecule has 1 atom stereocenters. The predicted molar refractivity (Wildman–Crippen MR) is 90.5 cm³/mol. The van der Waals surface area contributed by atoms with E-state index in [1.165, 1.54) is 12.1 Å². The number of morpholine rings is 1. The van der Waals surface area contributed by atoms with Gasteiger partial charge in [0.1, 0.15) is 17.5 Å². The van der Waals surface area contributed by atoms with Crippen molar-refractivity contribution in [2.45, 2.75) is 39.3 Å². The summed E-state index contributed by atoms with van der Waals surface area (Å²) in [7, 11) is 0. The monoisotopic (exact) mass is 346 g/mol. The van der Waals surface area contributed by atoms with Crippen LogP contribution in [0.1, 0.15) is 23.6 Å². The number of ether oxygens (including phenoxy) is 1. The van der Waals surface area contributed by atoms with Crippen molar-refractivity contribution in [3.8, 4) is 0 Å². The number of carbonyl (C=O) groups is 1. The number of halogens is 1. The summed E-state index contributed by atoms with van der Waals surface area (Å²) < 4.78 is 20.5. The maximum Gasteiger partial charge on any atom is 0.223 e. The molecular weight excluding hydrogens is 323 g/mol. The van der Waals surface area contributed by atoms with E-state index in [-0.39, 0.29) is 17.8 Å². The molecule has 3 rings (SSSR count). The van der Waals surface area contributed by atoms with Crippen LogP contribution in [0.4, 0.5) is 4.39 Å². The van der Waals surface area contributed by atoms with Gasteiger partial charge in [-0.25, -0.2) is 14.1 Å². The first-order valence-electron chi connectivity index (χ1n) is 8.53. The Bertz CT molecular complexity index is 729. The molecule has 2 aromatic rings. The number of aromatic nitrogens is 3. The normalized spacial score (nSPS) is 17.7. The molecule has 1 fully saturated rings. The molecule has 6 nitrogen and oxygen atoms in total. The number of hydrogen-bond acceptors (Lipinski definition) is 4. The molecule has 0 spiro atoms. The quantitative estimate of drug-likeness (QED) is 0.830. The van der Waals surface area contributed by atoms with Gasteiger partial charge < -0.3 is 9.64 Å². The molecule has 0 aliphatic carbocycles. The standard InChI is InChI=1S/C18H23FN4O2/c1-13-20-14(2)23(21-13)12-17-11-22(9-10-25-17)18(24)8-5-15-3-6-16(19)7-4-15/h3-4,6-7,17H,5,8-12H2,1-2H3/t17-/m1/s1. The van der Waals surface area contributed by atoms with Crippen molar-refractivity contribution in [2.24, 2.45) is 0 Å². The largest absolute Gasteiger partial charge is 0.373 e. The molecule has 1 aliphatic heterocycles. The number of aryl methyl sites for hydroxylation is 3. The van der Waals surface area contributed by atoms with E-state index in [4.69, 9.17) is 4.74 Å². The second kappa shape index (κ2) is 7.74. The number of rotatable bonds is 5. The Balaban J connectivity index is 1.52. The van der Waals surface area contributed by atoms with Crippen molar-refractivity contribution >= 4 is 5.91 Å². The molecule has 1 aromatic carbocycles. The van der Waals surface area contributed by atoms with Crippen molar-refractivity contribution < 1.29 is 13.9 Å². The second-order valence-electron chi connectivity index (χ2n) is 6.35. The Labute approximate surface area is 146 Å². The number of nitrogens with zero attached hydrogens (tertiary/aromatic N) is 4. The van der Waals surface area contributed by atoms with Gasteiger partial charge in [0.25, 0.3) is 0 Å². The van der Waals surface area contributed by atoms with Gasteiger partial charge >= 0.3 is 0 Å². The van der Waals surface area contributed by atoms with E-state index in [0.29, 0.717) is 39.1 Å². The lowest BCUT2D eigenvalue weighted by Gasteiger charge is -2.33. The molecule has 0 radical (unpaired) electrons. The summed E-state index contributed by atoms with van der Waals surface area (Å²) >= 11 is 0. The summed E-state index contributed by atoms with van der Waals surface area (Å²) in [6, 6.07) is 6.29. The summed E-state index contributed by atoms with van der Waals surface area (Å²) in [6.45, 7) is 6.05. The minimum absolute atomic E-state index is 0.0803. The van der Waals surface area contributed by atoms with Crippen molar-refractivity contribution in [1.82, 2.24) is 19.7 Å². The average molecular weight is 346 g/mol. The van der Waals surface area contributed by atoms with E-state index in [1.54, 1.807) is 12.1 Å². The zero-order valence-electron chi connectivity index (χ0n) is 14.6. The molecule has 0 unspecified atom stereocenters. The van der Waals surface area contributed by atoms with E-state index < -0.39 is 0 Å². The molecule has 0 bridgehead atoms. The summed E-state index contributed by atoms with van der Waals surface area (Å²) in [6.07, 6.45) is 0.950. The SMILES string of the molecule is Cc1nc(C)n(C[C@H]2CN(C(=O)CCc3ccc(F)cc3)CCO2)n1. The smallest absolute Gasteiger partial charge is 0.223 e. The Morgan fingerprint density at radius 2 is 2.08 bits per heavy atom. The first kappa shape index (κ1) is 17.5. The first-order chi connectivity index (χ1) is 12.0. The van der Waals surface area contributed by atoms with Crippen molar-refractivity contribution in [2.75, 3.05) is 19.7 Å². The number of carbonyl (C=O) groups excluding carboxylic acids is 1. The van der Waals surface area contributed by atoms with Crippen LogP contribution in [0.3, 0.4) is 0 Å². The van der Waals surface area contributed by atoms with Crippen molar-refractivity contribution in [3.63, 3.8) is 0 Å². The van der Waals surface area contributed by atoms with E-state index in [2.05, 4.69) is 10.1 Å². The third-order valence-corrected chi connectivity index (χ3v) is 4.37. The van der Waals surface area contributed by atoms with Crippen LogP contribution in [0.15, 0.2) is 24.3 Å². The minimum Gasteiger partial charge on any atom is -0.373 e. The summed E-state index contributed by atoms with van der Waals surface area (Å²) in [5, 5.41) is 4.35. The molecule has 1 saturated heterocycles. The maximum absolute atomic E-state index is 12.9. The molecule has 25 heavy (non-hydrogen) atoms. The molecule has 1 aliphatic rings. The van der Waals surface area contributed by atoms with Crippen LogP contribution in [0, 0.1) is 19.7 Å². The molecule has 2 heterocycles. The van der Waals surface area contributed by atoms with Crippen molar-refractivity contribution in [1.29, 1.82) is 0 Å². The molecule has 1 amide bonds. The summed E-state index contributed by atoms with van der Waals surface area (Å²) in [5.74, 6) is 1.43. The van der Waals surface area contributed by atoms with Gasteiger partial charge in [-0.05, 0) is 38.0 Å². The zero-order chi connectivity index (χ0) is 17.8. The van der Waals surface area contributed by atoms with Crippen LogP contribution in [-0.2, 0) is 22.5 Å². The third kappa shape index (κ3) is 4.63. The lowest BCUT2D eigenvalue weighted by atomic mass is 10.1. The number of hydrogen-bond donors (Lipinski definition) is 0. The van der Waals surface area contributed by atoms with Gasteiger partial charge in [-0.15, -0.1) is 0 Å². The van der Waals surface area contributed by atoms with E-state index in [0.717, 1.165) is 17.2 Å². The fourth-order valence-electron chi connectivity index (χ4n) is 3.04. The predicted octanol–water partition coefficient (Wildman–Crippen LogP) is 1.89. The molecule has 0 N–H and O–H groups in total. The van der Waals surface area contributed by atoms with Crippen LogP contribution in [0.25, 0.3) is 0 Å². The molecular formula is C18H23FN4O2. The van der Waals surface area contributed by atoms with Crippen LogP contribution < -0.4 is 0 Å². The fourth-order valence-corrected chi connectivity index (χ4v) is 3.04. The lowest BCUT2D eigenvalue weighted by Crippen LogP contribution is -2.47. The van der Waals surface area contributed by atoms with Crippen LogP contribution >= 0.6 is 0 Å². The fraction of sp³-hybridized carbons (Fsp3) is 0.500. The van der Waals surface area contributed by atoms with Gasteiger partial charge in [-0.2, -0.15) is 5.10 Å².